The molecular formula is C14H28. The van der Waals surface area contributed by atoms with E-state index in [1.54, 1.807) is 0 Å². The highest BCUT2D eigenvalue weighted by molar-refractivity contribution is 4.85. The van der Waals surface area contributed by atoms with Gasteiger partial charge in [-0.3, -0.25) is 0 Å². The molecule has 0 heteroatoms. The minimum Gasteiger partial charge on any atom is -0.0602 e. The van der Waals surface area contributed by atoms with Crippen molar-refractivity contribution in [3.05, 3.63) is 0 Å². The molecule has 2 unspecified atom stereocenters. The Morgan fingerprint density at radius 3 is 1.86 bits per heavy atom. The van der Waals surface area contributed by atoms with E-state index in [0.717, 1.165) is 11.8 Å². The minimum atomic E-state index is 0.525. The third-order valence-corrected chi connectivity index (χ3v) is 3.67. The van der Waals surface area contributed by atoms with Crippen molar-refractivity contribution in [2.24, 2.45) is 22.7 Å². The van der Waals surface area contributed by atoms with Gasteiger partial charge in [0.25, 0.3) is 0 Å². The Balaban J connectivity index is 2.42. The van der Waals surface area contributed by atoms with E-state index < -0.39 is 0 Å². The van der Waals surface area contributed by atoms with Crippen LogP contribution in [0, 0.1) is 22.7 Å². The summed E-state index contributed by atoms with van der Waals surface area (Å²) >= 11 is 0. The molecule has 0 heterocycles. The molecule has 1 fully saturated rings. The summed E-state index contributed by atoms with van der Waals surface area (Å²) in [5.74, 6) is 1.97. The lowest BCUT2D eigenvalue weighted by atomic mass is 9.78. The molecular weight excluding hydrogens is 168 g/mol. The normalized spacial score (nSPS) is 29.6. The number of hydrogen-bond donors (Lipinski definition) is 0. The molecule has 0 aromatic carbocycles. The van der Waals surface area contributed by atoms with Crippen LogP contribution in [0.15, 0.2) is 0 Å². The van der Waals surface area contributed by atoms with Gasteiger partial charge in [0.1, 0.15) is 0 Å². The van der Waals surface area contributed by atoms with Crippen LogP contribution in [0.4, 0.5) is 0 Å². The first-order chi connectivity index (χ1) is 6.18. The Labute approximate surface area is 90.5 Å². The molecule has 2 atom stereocenters. The van der Waals surface area contributed by atoms with Crippen molar-refractivity contribution in [1.82, 2.24) is 0 Å². The van der Waals surface area contributed by atoms with E-state index in [1.807, 2.05) is 0 Å². The van der Waals surface area contributed by atoms with Gasteiger partial charge >= 0.3 is 0 Å². The highest BCUT2D eigenvalue weighted by Gasteiger charge is 2.34. The van der Waals surface area contributed by atoms with Gasteiger partial charge in [0.2, 0.25) is 0 Å². The summed E-state index contributed by atoms with van der Waals surface area (Å²) in [6.07, 6.45) is 5.82. The Morgan fingerprint density at radius 1 is 0.929 bits per heavy atom. The maximum absolute atomic E-state index is 2.40. The molecule has 14 heavy (non-hydrogen) atoms. The molecule has 84 valence electrons. The summed E-state index contributed by atoms with van der Waals surface area (Å²) in [5, 5.41) is 0. The molecule has 1 aliphatic rings. The van der Waals surface area contributed by atoms with Crippen molar-refractivity contribution in [2.45, 2.75) is 67.2 Å². The molecule has 1 aliphatic carbocycles. The predicted octanol–water partition coefficient (Wildman–Crippen LogP) is 4.89. The van der Waals surface area contributed by atoms with Crippen LogP contribution in [-0.4, -0.2) is 0 Å². The number of hydrogen-bond acceptors (Lipinski definition) is 0. The van der Waals surface area contributed by atoms with Gasteiger partial charge in [-0.25, -0.2) is 0 Å². The van der Waals surface area contributed by atoms with Crippen LogP contribution in [-0.2, 0) is 0 Å². The maximum Gasteiger partial charge on any atom is -0.0354 e. The second kappa shape index (κ2) is 3.87. The molecule has 0 spiro atoms. The van der Waals surface area contributed by atoms with Gasteiger partial charge in [0, 0.05) is 0 Å². The summed E-state index contributed by atoms with van der Waals surface area (Å²) < 4.78 is 0. The molecule has 0 bridgehead atoms. The van der Waals surface area contributed by atoms with E-state index in [9.17, 15) is 0 Å². The first kappa shape index (κ1) is 12.1. The van der Waals surface area contributed by atoms with Crippen molar-refractivity contribution < 1.29 is 0 Å². The molecule has 1 rings (SSSR count). The lowest BCUT2D eigenvalue weighted by molar-refractivity contribution is 0.224. The molecule has 0 amide bonds. The van der Waals surface area contributed by atoms with Crippen LogP contribution in [0.2, 0.25) is 0 Å². The molecule has 0 aliphatic heterocycles. The molecule has 0 aromatic heterocycles. The summed E-state index contributed by atoms with van der Waals surface area (Å²) in [6.45, 7) is 14.3. The highest BCUT2D eigenvalue weighted by Crippen LogP contribution is 2.45. The van der Waals surface area contributed by atoms with Crippen molar-refractivity contribution in [2.75, 3.05) is 0 Å². The van der Waals surface area contributed by atoms with E-state index in [1.165, 1.54) is 25.7 Å². The zero-order chi connectivity index (χ0) is 11.0. The van der Waals surface area contributed by atoms with Gasteiger partial charge in [0.15, 0.2) is 0 Å². The van der Waals surface area contributed by atoms with Crippen molar-refractivity contribution in [3.63, 3.8) is 0 Å². The standard InChI is InChI=1S/C14H28/c1-13(2,3)10-11-7-8-12(9-11)14(4,5)6/h11-12H,7-10H2,1-6H3. The first-order valence-electron chi connectivity index (χ1n) is 6.18. The molecule has 0 aromatic rings. The van der Waals surface area contributed by atoms with Crippen LogP contribution in [0.25, 0.3) is 0 Å². The fraction of sp³-hybridized carbons (Fsp3) is 1.00. The number of rotatable bonds is 1. The smallest absolute Gasteiger partial charge is 0.0354 e. The second-order valence-corrected chi connectivity index (χ2v) is 7.51. The van der Waals surface area contributed by atoms with E-state index in [-0.39, 0.29) is 0 Å². The second-order valence-electron chi connectivity index (χ2n) is 7.51. The summed E-state index contributed by atoms with van der Waals surface area (Å²) in [4.78, 5) is 0. The monoisotopic (exact) mass is 196 g/mol. The topological polar surface area (TPSA) is 0 Å². The first-order valence-corrected chi connectivity index (χ1v) is 6.18. The van der Waals surface area contributed by atoms with Gasteiger partial charge in [-0.05, 0) is 41.9 Å². The summed E-state index contributed by atoms with van der Waals surface area (Å²) in [7, 11) is 0. The van der Waals surface area contributed by atoms with E-state index in [2.05, 4.69) is 41.5 Å². The van der Waals surface area contributed by atoms with Crippen molar-refractivity contribution in [3.8, 4) is 0 Å². The molecule has 0 N–H and O–H groups in total. The minimum absolute atomic E-state index is 0.525. The SMILES string of the molecule is CC(C)(C)CC1CCC(C(C)(C)C)C1. The Kier molecular flexibility index (Phi) is 3.33. The molecule has 0 saturated heterocycles. The highest BCUT2D eigenvalue weighted by atomic mass is 14.4. The van der Waals surface area contributed by atoms with Gasteiger partial charge in [-0.15, -0.1) is 0 Å². The fourth-order valence-electron chi connectivity index (χ4n) is 2.91. The van der Waals surface area contributed by atoms with Gasteiger partial charge in [0.05, 0.1) is 0 Å². The van der Waals surface area contributed by atoms with Crippen molar-refractivity contribution >= 4 is 0 Å². The Hall–Kier alpha value is 0. The molecule has 1 saturated carbocycles. The Morgan fingerprint density at radius 2 is 1.50 bits per heavy atom. The average molecular weight is 196 g/mol. The maximum atomic E-state index is 2.40. The third-order valence-electron chi connectivity index (χ3n) is 3.67. The van der Waals surface area contributed by atoms with E-state index in [4.69, 9.17) is 0 Å². The van der Waals surface area contributed by atoms with Crippen LogP contribution in [0.3, 0.4) is 0 Å². The third kappa shape index (κ3) is 3.63. The summed E-state index contributed by atoms with van der Waals surface area (Å²) in [5.41, 5.74) is 1.06. The van der Waals surface area contributed by atoms with Crippen LogP contribution in [0.5, 0.6) is 0 Å². The Bertz CT molecular complexity index is 177. The van der Waals surface area contributed by atoms with Crippen LogP contribution in [0.1, 0.15) is 67.2 Å². The van der Waals surface area contributed by atoms with Crippen LogP contribution >= 0.6 is 0 Å². The van der Waals surface area contributed by atoms with Gasteiger partial charge in [-0.1, -0.05) is 48.0 Å². The quantitative estimate of drug-likeness (QED) is 0.560. The lowest BCUT2D eigenvalue weighted by Crippen LogP contribution is -2.18. The average Bonchev–Trinajstić information content (AvgIpc) is 2.29. The molecule has 0 nitrogen and oxygen atoms in total. The van der Waals surface area contributed by atoms with Crippen LogP contribution < -0.4 is 0 Å². The zero-order valence-electron chi connectivity index (χ0n) is 11.0. The predicted molar refractivity (Wildman–Crippen MR) is 64.4 cm³/mol. The zero-order valence-corrected chi connectivity index (χ0v) is 11.0. The van der Waals surface area contributed by atoms with Gasteiger partial charge < -0.3 is 0 Å². The van der Waals surface area contributed by atoms with Gasteiger partial charge in [-0.2, -0.15) is 0 Å². The van der Waals surface area contributed by atoms with E-state index in [0.29, 0.717) is 10.8 Å². The van der Waals surface area contributed by atoms with Crippen molar-refractivity contribution in [1.29, 1.82) is 0 Å². The molecule has 0 radical (unpaired) electrons. The summed E-state index contributed by atoms with van der Waals surface area (Å²) in [6, 6.07) is 0. The fourth-order valence-corrected chi connectivity index (χ4v) is 2.91. The largest absolute Gasteiger partial charge is 0.0602 e. The lowest BCUT2D eigenvalue weighted by Gasteiger charge is -2.28. The van der Waals surface area contributed by atoms with E-state index >= 15 is 0 Å².